The van der Waals surface area contributed by atoms with E-state index >= 15 is 0 Å². The molecule has 4 aromatic rings. The Morgan fingerprint density at radius 3 is 2.96 bits per heavy atom. The highest BCUT2D eigenvalue weighted by Gasteiger charge is 2.15. The summed E-state index contributed by atoms with van der Waals surface area (Å²) in [6.07, 6.45) is 4.88. The highest BCUT2D eigenvalue weighted by atomic mass is 16.5. The summed E-state index contributed by atoms with van der Waals surface area (Å²) in [5, 5.41) is 5.69. The average Bonchev–Trinajstić information content (AvgIpc) is 2.97. The molecule has 1 fully saturated rings. The summed E-state index contributed by atoms with van der Waals surface area (Å²) < 4.78 is 7.49. The first kappa shape index (κ1) is 17.3. The first-order valence-electron chi connectivity index (χ1n) is 9.77. The second-order valence-corrected chi connectivity index (χ2v) is 7.34. The number of pyridine rings is 1. The lowest BCUT2D eigenvalue weighted by Crippen LogP contribution is -2.26. The Kier molecular flexibility index (Phi) is 4.50. The lowest BCUT2D eigenvalue weighted by molar-refractivity contribution is 0.140. The van der Waals surface area contributed by atoms with E-state index in [1.165, 1.54) is 0 Å². The predicted molar refractivity (Wildman–Crippen MR) is 109 cm³/mol. The van der Waals surface area contributed by atoms with Crippen LogP contribution < -0.4 is 0 Å². The maximum atomic E-state index is 5.57. The number of hydrogen-bond acceptors (Lipinski definition) is 5. The molecule has 0 aliphatic carbocycles. The Morgan fingerprint density at radius 2 is 2.00 bits per heavy atom. The molecule has 3 aromatic heterocycles. The number of aromatic nitrogens is 4. The normalized spacial score (nSPS) is 15.9. The van der Waals surface area contributed by atoms with E-state index in [1.54, 1.807) is 0 Å². The van der Waals surface area contributed by atoms with Crippen molar-refractivity contribution in [1.82, 2.24) is 24.5 Å². The van der Waals surface area contributed by atoms with Gasteiger partial charge in [-0.05, 0) is 31.5 Å². The van der Waals surface area contributed by atoms with Crippen molar-refractivity contribution in [1.29, 1.82) is 0 Å². The molecule has 0 amide bonds. The monoisotopic (exact) mass is 373 g/mol. The SMILES string of the molecule is Cc1cc(CN2CCCOCC2)nc2c(-c3cnc4ccccc4c3)cnn12. The van der Waals surface area contributed by atoms with E-state index in [2.05, 4.69) is 40.1 Å². The van der Waals surface area contributed by atoms with Gasteiger partial charge in [0, 0.05) is 54.6 Å². The van der Waals surface area contributed by atoms with Crippen LogP contribution in [0.4, 0.5) is 0 Å². The van der Waals surface area contributed by atoms with E-state index in [4.69, 9.17) is 9.72 Å². The molecule has 5 rings (SSSR count). The van der Waals surface area contributed by atoms with Gasteiger partial charge in [-0.3, -0.25) is 9.88 Å². The number of hydrogen-bond donors (Lipinski definition) is 0. The third-order valence-electron chi connectivity index (χ3n) is 5.30. The molecule has 0 N–H and O–H groups in total. The summed E-state index contributed by atoms with van der Waals surface area (Å²) in [6, 6.07) is 12.5. The summed E-state index contributed by atoms with van der Waals surface area (Å²) in [7, 11) is 0. The number of para-hydroxylation sites is 1. The van der Waals surface area contributed by atoms with E-state index in [-0.39, 0.29) is 0 Å². The lowest BCUT2D eigenvalue weighted by atomic mass is 10.1. The Balaban J connectivity index is 1.54. The maximum Gasteiger partial charge on any atom is 0.163 e. The number of rotatable bonds is 3. The molecule has 4 heterocycles. The molecule has 1 aliphatic heterocycles. The largest absolute Gasteiger partial charge is 0.380 e. The van der Waals surface area contributed by atoms with E-state index in [1.807, 2.05) is 35.1 Å². The number of fused-ring (bicyclic) bond motifs is 2. The average molecular weight is 373 g/mol. The summed E-state index contributed by atoms with van der Waals surface area (Å²) in [5.74, 6) is 0. The number of ether oxygens (including phenoxy) is 1. The van der Waals surface area contributed by atoms with Crippen LogP contribution >= 0.6 is 0 Å². The standard InChI is InChI=1S/C22H23N5O/c1-16-11-19(15-26-7-4-9-28-10-8-26)25-22-20(14-24-27(16)22)18-12-17-5-2-3-6-21(17)23-13-18/h2-3,5-6,11-14H,4,7-10,15H2,1H3. The molecule has 0 spiro atoms. The van der Waals surface area contributed by atoms with Crippen molar-refractivity contribution in [2.24, 2.45) is 0 Å². The molecule has 1 aromatic carbocycles. The summed E-state index contributed by atoms with van der Waals surface area (Å²) in [5.41, 5.74) is 6.10. The fraction of sp³-hybridized carbons (Fsp3) is 0.318. The molecule has 0 radical (unpaired) electrons. The van der Waals surface area contributed by atoms with Crippen LogP contribution in [0.3, 0.4) is 0 Å². The Bertz CT molecular complexity index is 1130. The minimum Gasteiger partial charge on any atom is -0.380 e. The zero-order chi connectivity index (χ0) is 18.9. The topological polar surface area (TPSA) is 55.5 Å². The fourth-order valence-corrected chi connectivity index (χ4v) is 3.87. The van der Waals surface area contributed by atoms with Gasteiger partial charge in [0.25, 0.3) is 0 Å². The van der Waals surface area contributed by atoms with Crippen molar-refractivity contribution in [3.8, 4) is 11.1 Å². The van der Waals surface area contributed by atoms with Gasteiger partial charge in [-0.15, -0.1) is 0 Å². The summed E-state index contributed by atoms with van der Waals surface area (Å²) >= 11 is 0. The molecule has 1 saturated heterocycles. The van der Waals surface area contributed by atoms with Gasteiger partial charge in [0.05, 0.1) is 24.0 Å². The Morgan fingerprint density at radius 1 is 1.07 bits per heavy atom. The van der Waals surface area contributed by atoms with Crippen LogP contribution in [0.2, 0.25) is 0 Å². The summed E-state index contributed by atoms with van der Waals surface area (Å²) in [4.78, 5) is 12.0. The van der Waals surface area contributed by atoms with E-state index in [0.717, 1.165) is 78.3 Å². The third kappa shape index (κ3) is 3.25. The van der Waals surface area contributed by atoms with Crippen LogP contribution in [-0.2, 0) is 11.3 Å². The molecule has 0 bridgehead atoms. The minimum atomic E-state index is 0.794. The number of benzene rings is 1. The van der Waals surface area contributed by atoms with Gasteiger partial charge in [0.15, 0.2) is 5.65 Å². The van der Waals surface area contributed by atoms with Gasteiger partial charge in [0.1, 0.15) is 0 Å². The van der Waals surface area contributed by atoms with Crippen molar-refractivity contribution in [3.63, 3.8) is 0 Å². The molecule has 142 valence electrons. The van der Waals surface area contributed by atoms with Gasteiger partial charge in [-0.2, -0.15) is 5.10 Å². The lowest BCUT2D eigenvalue weighted by Gasteiger charge is -2.18. The van der Waals surface area contributed by atoms with Crippen molar-refractivity contribution < 1.29 is 4.74 Å². The molecule has 6 nitrogen and oxygen atoms in total. The zero-order valence-corrected chi connectivity index (χ0v) is 16.0. The molecule has 28 heavy (non-hydrogen) atoms. The first-order chi connectivity index (χ1) is 13.8. The van der Waals surface area contributed by atoms with E-state index < -0.39 is 0 Å². The molecular weight excluding hydrogens is 350 g/mol. The smallest absolute Gasteiger partial charge is 0.163 e. The van der Waals surface area contributed by atoms with Gasteiger partial charge < -0.3 is 4.74 Å². The van der Waals surface area contributed by atoms with E-state index in [9.17, 15) is 0 Å². The van der Waals surface area contributed by atoms with Crippen LogP contribution in [0.1, 0.15) is 17.8 Å². The van der Waals surface area contributed by atoms with Crippen LogP contribution in [0.25, 0.3) is 27.7 Å². The zero-order valence-electron chi connectivity index (χ0n) is 16.0. The second-order valence-electron chi connectivity index (χ2n) is 7.34. The van der Waals surface area contributed by atoms with Crippen molar-refractivity contribution in [2.75, 3.05) is 26.3 Å². The van der Waals surface area contributed by atoms with Gasteiger partial charge in [-0.25, -0.2) is 9.50 Å². The second kappa shape index (κ2) is 7.30. The third-order valence-corrected chi connectivity index (χ3v) is 5.30. The molecular formula is C22H23N5O. The minimum absolute atomic E-state index is 0.794. The first-order valence-corrected chi connectivity index (χ1v) is 9.77. The highest BCUT2D eigenvalue weighted by molar-refractivity contribution is 5.86. The van der Waals surface area contributed by atoms with Gasteiger partial charge in [0.2, 0.25) is 0 Å². The Hall–Kier alpha value is -2.83. The number of nitrogens with zero attached hydrogens (tertiary/aromatic N) is 5. The molecule has 1 aliphatic rings. The van der Waals surface area contributed by atoms with Crippen LogP contribution in [0.5, 0.6) is 0 Å². The van der Waals surface area contributed by atoms with Crippen molar-refractivity contribution in [3.05, 3.63) is 60.2 Å². The van der Waals surface area contributed by atoms with Crippen molar-refractivity contribution in [2.45, 2.75) is 19.9 Å². The fourth-order valence-electron chi connectivity index (χ4n) is 3.87. The number of aryl methyl sites for hydroxylation is 1. The van der Waals surface area contributed by atoms with Gasteiger partial charge in [-0.1, -0.05) is 18.2 Å². The van der Waals surface area contributed by atoms with Crippen molar-refractivity contribution >= 4 is 16.6 Å². The van der Waals surface area contributed by atoms with Crippen LogP contribution in [-0.4, -0.2) is 50.8 Å². The summed E-state index contributed by atoms with van der Waals surface area (Å²) in [6.45, 7) is 6.56. The van der Waals surface area contributed by atoms with Gasteiger partial charge >= 0.3 is 0 Å². The van der Waals surface area contributed by atoms with E-state index in [0.29, 0.717) is 0 Å². The molecule has 6 heteroatoms. The molecule has 0 atom stereocenters. The molecule has 0 saturated carbocycles. The maximum absolute atomic E-state index is 5.57. The van der Waals surface area contributed by atoms with Crippen LogP contribution in [0.15, 0.2) is 48.8 Å². The quantitative estimate of drug-likeness (QED) is 0.550. The highest BCUT2D eigenvalue weighted by Crippen LogP contribution is 2.26. The molecule has 0 unspecified atom stereocenters. The predicted octanol–water partition coefficient (Wildman–Crippen LogP) is 3.48. The Labute approximate surface area is 163 Å². The van der Waals surface area contributed by atoms with Crippen LogP contribution in [0, 0.1) is 6.92 Å².